The SMILES string of the molecule is NCC(C(=O)O)c1cccc(CN2CCCC2)c1. The first-order chi connectivity index (χ1) is 8.70. The van der Waals surface area contributed by atoms with Crippen LogP contribution in [0.15, 0.2) is 24.3 Å². The molecule has 18 heavy (non-hydrogen) atoms. The van der Waals surface area contributed by atoms with Crippen molar-refractivity contribution in [3.05, 3.63) is 35.4 Å². The summed E-state index contributed by atoms with van der Waals surface area (Å²) in [6, 6.07) is 7.80. The first kappa shape index (κ1) is 13.1. The average molecular weight is 248 g/mol. The van der Waals surface area contributed by atoms with Crippen molar-refractivity contribution in [2.24, 2.45) is 5.73 Å². The molecule has 1 aromatic rings. The molecular formula is C14H20N2O2. The Kier molecular flexibility index (Phi) is 4.33. The lowest BCUT2D eigenvalue weighted by atomic mass is 9.97. The number of carboxylic acids is 1. The highest BCUT2D eigenvalue weighted by Crippen LogP contribution is 2.19. The molecule has 0 saturated carbocycles. The van der Waals surface area contributed by atoms with Gasteiger partial charge < -0.3 is 10.8 Å². The molecule has 0 spiro atoms. The molecule has 0 amide bonds. The maximum Gasteiger partial charge on any atom is 0.312 e. The number of hydrogen-bond donors (Lipinski definition) is 2. The number of carboxylic acid groups (broad SMARTS) is 1. The van der Waals surface area contributed by atoms with Crippen molar-refractivity contribution in [3.8, 4) is 0 Å². The van der Waals surface area contributed by atoms with Crippen LogP contribution in [0.2, 0.25) is 0 Å². The Morgan fingerprint density at radius 3 is 2.72 bits per heavy atom. The van der Waals surface area contributed by atoms with Gasteiger partial charge in [-0.2, -0.15) is 0 Å². The van der Waals surface area contributed by atoms with Gasteiger partial charge in [-0.05, 0) is 37.1 Å². The molecule has 1 saturated heterocycles. The van der Waals surface area contributed by atoms with Gasteiger partial charge in [0, 0.05) is 13.1 Å². The van der Waals surface area contributed by atoms with Crippen molar-refractivity contribution in [2.45, 2.75) is 25.3 Å². The molecule has 1 fully saturated rings. The second kappa shape index (κ2) is 5.98. The lowest BCUT2D eigenvalue weighted by molar-refractivity contribution is -0.138. The van der Waals surface area contributed by atoms with Gasteiger partial charge in [0.1, 0.15) is 0 Å². The van der Waals surface area contributed by atoms with Crippen LogP contribution in [0, 0.1) is 0 Å². The molecule has 1 aliphatic rings. The number of carbonyl (C=O) groups is 1. The minimum atomic E-state index is -0.851. The van der Waals surface area contributed by atoms with Crippen LogP contribution < -0.4 is 5.73 Å². The zero-order valence-electron chi connectivity index (χ0n) is 10.5. The summed E-state index contributed by atoms with van der Waals surface area (Å²) in [6.07, 6.45) is 2.53. The van der Waals surface area contributed by atoms with Crippen LogP contribution in [0.4, 0.5) is 0 Å². The molecule has 1 atom stereocenters. The van der Waals surface area contributed by atoms with Gasteiger partial charge in [0.05, 0.1) is 5.92 Å². The first-order valence-electron chi connectivity index (χ1n) is 6.45. The van der Waals surface area contributed by atoms with E-state index in [2.05, 4.69) is 11.0 Å². The van der Waals surface area contributed by atoms with Crippen LogP contribution in [0.1, 0.15) is 29.9 Å². The van der Waals surface area contributed by atoms with Gasteiger partial charge in [0.15, 0.2) is 0 Å². The Morgan fingerprint density at radius 1 is 1.39 bits per heavy atom. The quantitative estimate of drug-likeness (QED) is 0.827. The van der Waals surface area contributed by atoms with Gasteiger partial charge in [-0.15, -0.1) is 0 Å². The highest BCUT2D eigenvalue weighted by Gasteiger charge is 2.18. The summed E-state index contributed by atoms with van der Waals surface area (Å²) in [4.78, 5) is 13.5. The van der Waals surface area contributed by atoms with E-state index in [4.69, 9.17) is 10.8 Å². The molecule has 0 bridgehead atoms. The summed E-state index contributed by atoms with van der Waals surface area (Å²) in [6.45, 7) is 3.33. The fourth-order valence-corrected chi connectivity index (χ4v) is 2.49. The van der Waals surface area contributed by atoms with Crippen LogP contribution in [0.25, 0.3) is 0 Å². The number of aliphatic carboxylic acids is 1. The fourth-order valence-electron chi connectivity index (χ4n) is 2.49. The Labute approximate surface area is 107 Å². The molecule has 4 heteroatoms. The Morgan fingerprint density at radius 2 is 2.11 bits per heavy atom. The second-order valence-corrected chi connectivity index (χ2v) is 4.85. The fraction of sp³-hybridized carbons (Fsp3) is 0.500. The Hall–Kier alpha value is -1.39. The zero-order valence-corrected chi connectivity index (χ0v) is 10.5. The lowest BCUT2D eigenvalue weighted by Gasteiger charge is -2.16. The normalized spacial score (nSPS) is 17.8. The summed E-state index contributed by atoms with van der Waals surface area (Å²) in [7, 11) is 0. The summed E-state index contributed by atoms with van der Waals surface area (Å²) >= 11 is 0. The highest BCUT2D eigenvalue weighted by molar-refractivity contribution is 5.76. The summed E-state index contributed by atoms with van der Waals surface area (Å²) in [5, 5.41) is 9.11. The van der Waals surface area contributed by atoms with Gasteiger partial charge in [-0.3, -0.25) is 9.69 Å². The third kappa shape index (κ3) is 3.09. The molecule has 0 radical (unpaired) electrons. The molecule has 3 N–H and O–H groups in total. The topological polar surface area (TPSA) is 66.6 Å². The standard InChI is InChI=1S/C14H20N2O2/c15-9-13(14(17)18)12-5-3-4-11(8-12)10-16-6-1-2-7-16/h3-5,8,13H,1-2,6-7,9-10,15H2,(H,17,18). The van der Waals surface area contributed by atoms with Gasteiger partial charge in [-0.1, -0.05) is 24.3 Å². The van der Waals surface area contributed by atoms with Gasteiger partial charge in [0.25, 0.3) is 0 Å². The van der Waals surface area contributed by atoms with Crippen molar-refractivity contribution in [2.75, 3.05) is 19.6 Å². The number of rotatable bonds is 5. The number of likely N-dealkylation sites (tertiary alicyclic amines) is 1. The maximum atomic E-state index is 11.1. The molecule has 1 heterocycles. The van der Waals surface area contributed by atoms with E-state index in [9.17, 15) is 4.79 Å². The number of benzene rings is 1. The largest absolute Gasteiger partial charge is 0.481 e. The summed E-state index contributed by atoms with van der Waals surface area (Å²) in [5.74, 6) is -1.45. The molecule has 0 aliphatic carbocycles. The molecule has 98 valence electrons. The third-order valence-corrected chi connectivity index (χ3v) is 3.49. The van der Waals surface area contributed by atoms with Crippen LogP contribution >= 0.6 is 0 Å². The number of hydrogen-bond acceptors (Lipinski definition) is 3. The van der Waals surface area contributed by atoms with E-state index >= 15 is 0 Å². The van der Waals surface area contributed by atoms with Crippen LogP contribution in [0.5, 0.6) is 0 Å². The average Bonchev–Trinajstić information content (AvgIpc) is 2.83. The molecule has 2 rings (SSSR count). The molecule has 4 nitrogen and oxygen atoms in total. The number of nitrogens with two attached hydrogens (primary N) is 1. The Balaban J connectivity index is 2.10. The van der Waals surface area contributed by atoms with Gasteiger partial charge >= 0.3 is 5.97 Å². The van der Waals surface area contributed by atoms with Crippen LogP contribution in [0.3, 0.4) is 0 Å². The van der Waals surface area contributed by atoms with E-state index in [0.717, 1.165) is 25.2 Å². The van der Waals surface area contributed by atoms with E-state index in [1.807, 2.05) is 18.2 Å². The predicted octanol–water partition coefficient (Wildman–Crippen LogP) is 1.41. The van der Waals surface area contributed by atoms with Crippen LogP contribution in [-0.2, 0) is 11.3 Å². The monoisotopic (exact) mass is 248 g/mol. The van der Waals surface area contributed by atoms with E-state index in [1.165, 1.54) is 18.4 Å². The van der Waals surface area contributed by atoms with E-state index < -0.39 is 11.9 Å². The first-order valence-corrected chi connectivity index (χ1v) is 6.45. The van der Waals surface area contributed by atoms with Crippen molar-refractivity contribution in [3.63, 3.8) is 0 Å². The predicted molar refractivity (Wildman–Crippen MR) is 70.4 cm³/mol. The number of nitrogens with zero attached hydrogens (tertiary/aromatic N) is 1. The zero-order chi connectivity index (χ0) is 13.0. The van der Waals surface area contributed by atoms with Crippen molar-refractivity contribution in [1.29, 1.82) is 0 Å². The van der Waals surface area contributed by atoms with Gasteiger partial charge in [0.2, 0.25) is 0 Å². The van der Waals surface area contributed by atoms with Crippen molar-refractivity contribution in [1.82, 2.24) is 4.90 Å². The lowest BCUT2D eigenvalue weighted by Crippen LogP contribution is -2.22. The smallest absolute Gasteiger partial charge is 0.312 e. The Bertz CT molecular complexity index is 414. The van der Waals surface area contributed by atoms with Crippen molar-refractivity contribution >= 4 is 5.97 Å². The third-order valence-electron chi connectivity index (χ3n) is 3.49. The molecule has 1 aliphatic heterocycles. The second-order valence-electron chi connectivity index (χ2n) is 4.85. The minimum absolute atomic E-state index is 0.141. The molecule has 1 aromatic carbocycles. The maximum absolute atomic E-state index is 11.1. The van der Waals surface area contributed by atoms with E-state index in [0.29, 0.717) is 0 Å². The minimum Gasteiger partial charge on any atom is -0.481 e. The molecular weight excluding hydrogens is 228 g/mol. The molecule has 0 aromatic heterocycles. The molecule has 1 unspecified atom stereocenters. The van der Waals surface area contributed by atoms with E-state index in [1.54, 1.807) is 0 Å². The summed E-state index contributed by atoms with van der Waals surface area (Å²) in [5.41, 5.74) is 7.51. The van der Waals surface area contributed by atoms with Crippen molar-refractivity contribution < 1.29 is 9.90 Å². The summed E-state index contributed by atoms with van der Waals surface area (Å²) < 4.78 is 0. The van der Waals surface area contributed by atoms with Crippen LogP contribution in [-0.4, -0.2) is 35.6 Å². The van der Waals surface area contributed by atoms with E-state index in [-0.39, 0.29) is 6.54 Å². The van der Waals surface area contributed by atoms with Gasteiger partial charge in [-0.25, -0.2) is 0 Å². The highest BCUT2D eigenvalue weighted by atomic mass is 16.4.